The number of esters is 1. The van der Waals surface area contributed by atoms with Crippen LogP contribution in [-0.4, -0.2) is 23.0 Å². The van der Waals surface area contributed by atoms with Gasteiger partial charge in [-0.25, -0.2) is 23.5 Å². The van der Waals surface area contributed by atoms with Crippen molar-refractivity contribution in [1.82, 2.24) is 9.97 Å². The maximum atomic E-state index is 12.1. The first-order valence-corrected chi connectivity index (χ1v) is 3.83. The molecule has 0 saturated heterocycles. The molecule has 0 radical (unpaired) electrons. The van der Waals surface area contributed by atoms with Crippen LogP contribution in [0.3, 0.4) is 0 Å². The van der Waals surface area contributed by atoms with Crippen molar-refractivity contribution in [1.29, 1.82) is 0 Å². The lowest BCUT2D eigenvalue weighted by Gasteiger charge is -2.02. The minimum absolute atomic E-state index is 0.140. The molecule has 0 fully saturated rings. The van der Waals surface area contributed by atoms with Gasteiger partial charge >= 0.3 is 5.97 Å². The normalized spacial score (nSPS) is 10.4. The maximum Gasteiger partial charge on any atom is 0.342 e. The fourth-order valence-corrected chi connectivity index (χ4v) is 0.938. The zero-order chi connectivity index (χ0) is 10.7. The Kier molecular flexibility index (Phi) is 3.29. The summed E-state index contributed by atoms with van der Waals surface area (Å²) in [7, 11) is 1.14. The highest BCUT2D eigenvalue weighted by Crippen LogP contribution is 2.18. The van der Waals surface area contributed by atoms with Crippen LogP contribution in [0.5, 0.6) is 0 Å². The summed E-state index contributed by atoms with van der Waals surface area (Å²) < 4.78 is 28.5. The van der Waals surface area contributed by atoms with Gasteiger partial charge in [-0.3, -0.25) is 0 Å². The topological polar surface area (TPSA) is 52.1 Å². The Bertz CT molecular complexity index is 360. The summed E-state index contributed by atoms with van der Waals surface area (Å²) in [5, 5.41) is -0.345. The third kappa shape index (κ3) is 2.14. The van der Waals surface area contributed by atoms with Crippen LogP contribution in [0.4, 0.5) is 8.78 Å². The molecule has 0 spiro atoms. The molecule has 0 aromatic carbocycles. The highest BCUT2D eigenvalue weighted by molar-refractivity contribution is 6.32. The zero-order valence-corrected chi connectivity index (χ0v) is 7.76. The van der Waals surface area contributed by atoms with Crippen LogP contribution in [0.15, 0.2) is 6.20 Å². The monoisotopic (exact) mass is 222 g/mol. The molecular formula is C7H5ClF2N2O2. The van der Waals surface area contributed by atoms with Crippen molar-refractivity contribution in [3.8, 4) is 0 Å². The van der Waals surface area contributed by atoms with Gasteiger partial charge < -0.3 is 4.74 Å². The molecule has 0 bridgehead atoms. The number of methoxy groups -OCH3 is 1. The van der Waals surface area contributed by atoms with Crippen LogP contribution in [0.25, 0.3) is 0 Å². The second kappa shape index (κ2) is 4.28. The molecule has 1 aromatic heterocycles. The molecule has 1 rings (SSSR count). The number of halogens is 3. The summed E-state index contributed by atoms with van der Waals surface area (Å²) >= 11 is 5.46. The molecule has 14 heavy (non-hydrogen) atoms. The van der Waals surface area contributed by atoms with E-state index in [1.807, 2.05) is 0 Å². The van der Waals surface area contributed by atoms with Gasteiger partial charge in [-0.2, -0.15) is 0 Å². The van der Waals surface area contributed by atoms with Crippen LogP contribution in [0.2, 0.25) is 5.15 Å². The number of nitrogens with zero attached hydrogens (tertiary/aromatic N) is 2. The molecule has 0 saturated carbocycles. The average molecular weight is 223 g/mol. The zero-order valence-electron chi connectivity index (χ0n) is 7.00. The van der Waals surface area contributed by atoms with Crippen LogP contribution in [-0.2, 0) is 4.74 Å². The van der Waals surface area contributed by atoms with E-state index in [1.54, 1.807) is 0 Å². The molecule has 0 N–H and O–H groups in total. The van der Waals surface area contributed by atoms with E-state index in [1.165, 1.54) is 0 Å². The number of alkyl halides is 2. The van der Waals surface area contributed by atoms with Crippen molar-refractivity contribution in [3.05, 3.63) is 22.7 Å². The summed E-state index contributed by atoms with van der Waals surface area (Å²) in [6.45, 7) is 0. The van der Waals surface area contributed by atoms with Crippen LogP contribution in [0.1, 0.15) is 22.6 Å². The first-order valence-electron chi connectivity index (χ1n) is 3.45. The molecule has 76 valence electrons. The number of hydrogen-bond acceptors (Lipinski definition) is 4. The van der Waals surface area contributed by atoms with Crippen LogP contribution >= 0.6 is 11.6 Å². The largest absolute Gasteiger partial charge is 0.465 e. The van der Waals surface area contributed by atoms with Gasteiger partial charge in [0, 0.05) is 6.20 Å². The fourth-order valence-electron chi connectivity index (χ4n) is 0.726. The molecule has 4 nitrogen and oxygen atoms in total. The Morgan fingerprint density at radius 3 is 2.71 bits per heavy atom. The van der Waals surface area contributed by atoms with E-state index in [0.29, 0.717) is 0 Å². The van der Waals surface area contributed by atoms with Gasteiger partial charge in [0.1, 0.15) is 10.7 Å². The second-order valence-electron chi connectivity index (χ2n) is 2.22. The first-order chi connectivity index (χ1) is 6.56. The Balaban J connectivity index is 3.07. The van der Waals surface area contributed by atoms with Crippen molar-refractivity contribution < 1.29 is 18.3 Å². The van der Waals surface area contributed by atoms with Gasteiger partial charge in [-0.05, 0) is 0 Å². The molecule has 1 heterocycles. The summed E-state index contributed by atoms with van der Waals surface area (Å²) in [4.78, 5) is 17.4. The van der Waals surface area contributed by atoms with E-state index in [2.05, 4.69) is 14.7 Å². The number of rotatable bonds is 2. The standard InChI is InChI=1S/C7H5ClF2N2O2/c1-14-7(13)3-2-11-6(5(9)10)12-4(3)8/h2,5H,1H3. The molecule has 0 aliphatic carbocycles. The van der Waals surface area contributed by atoms with Gasteiger partial charge in [0.25, 0.3) is 6.43 Å². The van der Waals surface area contributed by atoms with Gasteiger partial charge in [0.05, 0.1) is 7.11 Å². The highest BCUT2D eigenvalue weighted by Gasteiger charge is 2.17. The summed E-state index contributed by atoms with van der Waals surface area (Å²) in [5.74, 6) is -1.49. The summed E-state index contributed by atoms with van der Waals surface area (Å²) in [6, 6.07) is 0. The van der Waals surface area contributed by atoms with Crippen molar-refractivity contribution >= 4 is 17.6 Å². The predicted octanol–water partition coefficient (Wildman–Crippen LogP) is 1.85. The predicted molar refractivity (Wildman–Crippen MR) is 43.3 cm³/mol. The molecule has 1 aromatic rings. The molecule has 0 unspecified atom stereocenters. The molecule has 0 aliphatic rings. The smallest absolute Gasteiger partial charge is 0.342 e. The summed E-state index contributed by atoms with van der Waals surface area (Å²) in [5.41, 5.74) is -0.140. The Morgan fingerprint density at radius 2 is 2.29 bits per heavy atom. The minimum atomic E-state index is -2.82. The Labute approximate surface area is 82.9 Å². The first kappa shape index (κ1) is 10.8. The van der Waals surface area contributed by atoms with Crippen molar-refractivity contribution in [2.75, 3.05) is 7.11 Å². The molecule has 0 amide bonds. The van der Waals surface area contributed by atoms with E-state index in [0.717, 1.165) is 13.3 Å². The van der Waals surface area contributed by atoms with Gasteiger partial charge in [0.15, 0.2) is 5.82 Å². The van der Waals surface area contributed by atoms with Crippen molar-refractivity contribution in [3.63, 3.8) is 0 Å². The number of hydrogen-bond donors (Lipinski definition) is 0. The lowest BCUT2D eigenvalue weighted by Crippen LogP contribution is -2.06. The fraction of sp³-hybridized carbons (Fsp3) is 0.286. The lowest BCUT2D eigenvalue weighted by atomic mass is 10.3. The molecule has 7 heteroatoms. The van der Waals surface area contributed by atoms with Crippen molar-refractivity contribution in [2.24, 2.45) is 0 Å². The molecule has 0 aliphatic heterocycles. The van der Waals surface area contributed by atoms with E-state index >= 15 is 0 Å². The number of ether oxygens (including phenoxy) is 1. The lowest BCUT2D eigenvalue weighted by molar-refractivity contribution is 0.0599. The van der Waals surface area contributed by atoms with Crippen molar-refractivity contribution in [2.45, 2.75) is 6.43 Å². The summed E-state index contributed by atoms with van der Waals surface area (Å²) in [6.07, 6.45) is -1.91. The van der Waals surface area contributed by atoms with E-state index in [4.69, 9.17) is 11.6 Å². The van der Waals surface area contributed by atoms with Crippen LogP contribution < -0.4 is 0 Å². The number of aromatic nitrogens is 2. The average Bonchev–Trinajstić information content (AvgIpc) is 2.16. The maximum absolute atomic E-state index is 12.1. The minimum Gasteiger partial charge on any atom is -0.465 e. The van der Waals surface area contributed by atoms with E-state index < -0.39 is 18.2 Å². The quantitative estimate of drug-likeness (QED) is 0.566. The van der Waals surface area contributed by atoms with Gasteiger partial charge in [0.2, 0.25) is 0 Å². The third-order valence-corrected chi connectivity index (χ3v) is 1.65. The van der Waals surface area contributed by atoms with E-state index in [-0.39, 0.29) is 10.7 Å². The number of carbonyl (C=O) groups excluding carboxylic acids is 1. The molecular weight excluding hydrogens is 218 g/mol. The number of carbonyl (C=O) groups is 1. The van der Waals surface area contributed by atoms with Crippen LogP contribution in [0, 0.1) is 0 Å². The third-order valence-electron chi connectivity index (χ3n) is 1.36. The van der Waals surface area contributed by atoms with E-state index in [9.17, 15) is 13.6 Å². The SMILES string of the molecule is COC(=O)c1cnc(C(F)F)nc1Cl. The second-order valence-corrected chi connectivity index (χ2v) is 2.58. The highest BCUT2D eigenvalue weighted by atomic mass is 35.5. The molecule has 0 atom stereocenters. The Morgan fingerprint density at radius 1 is 1.64 bits per heavy atom. The Hall–Kier alpha value is -1.30. The van der Waals surface area contributed by atoms with Gasteiger partial charge in [-0.1, -0.05) is 11.6 Å². The van der Waals surface area contributed by atoms with Gasteiger partial charge in [-0.15, -0.1) is 0 Å².